The van der Waals surface area contributed by atoms with Crippen LogP contribution in [0.3, 0.4) is 0 Å². The molecule has 1 amide bonds. The van der Waals surface area contributed by atoms with E-state index in [0.29, 0.717) is 25.1 Å². The molecule has 0 bridgehead atoms. The third-order valence-electron chi connectivity index (χ3n) is 3.55. The Morgan fingerprint density at radius 2 is 2.17 bits per heavy atom. The predicted octanol–water partition coefficient (Wildman–Crippen LogP) is 3.46. The van der Waals surface area contributed by atoms with Crippen molar-refractivity contribution in [1.82, 2.24) is 9.88 Å². The maximum absolute atomic E-state index is 12.5. The molecule has 0 spiro atoms. The number of thiophene rings is 1. The summed E-state index contributed by atoms with van der Waals surface area (Å²) in [6, 6.07) is 3.90. The average Bonchev–Trinajstić information content (AvgIpc) is 3.18. The molecule has 1 aliphatic heterocycles. The largest absolute Gasteiger partial charge is 0.472 e. The SMILES string of the molecule is O=C(c1ccsc1)N1CC[C@H](Oc2ccc(C(F)(F)F)cn2)C1. The number of ether oxygens (including phenoxy) is 1. The fraction of sp³-hybridized carbons (Fsp3) is 0.333. The average molecular weight is 342 g/mol. The molecule has 2 aromatic rings. The number of amides is 1. The standard InChI is InChI=1S/C15H13F3N2O2S/c16-15(17,18)11-1-2-13(19-7-11)22-12-3-5-20(8-12)14(21)10-4-6-23-9-10/h1-2,4,6-7,9,12H,3,5,8H2/t12-/m0/s1. The molecule has 4 nitrogen and oxygen atoms in total. The molecule has 1 saturated heterocycles. The molecular weight excluding hydrogens is 329 g/mol. The van der Waals surface area contributed by atoms with Gasteiger partial charge in [0.05, 0.1) is 17.7 Å². The molecule has 0 saturated carbocycles. The number of carbonyl (C=O) groups excluding carboxylic acids is 1. The molecule has 23 heavy (non-hydrogen) atoms. The lowest BCUT2D eigenvalue weighted by Gasteiger charge is -2.16. The van der Waals surface area contributed by atoms with Gasteiger partial charge in [0.25, 0.3) is 5.91 Å². The van der Waals surface area contributed by atoms with Crippen LogP contribution in [0.25, 0.3) is 0 Å². The van der Waals surface area contributed by atoms with Gasteiger partial charge in [0.2, 0.25) is 5.88 Å². The van der Waals surface area contributed by atoms with Crippen molar-refractivity contribution in [3.8, 4) is 5.88 Å². The van der Waals surface area contributed by atoms with Crippen LogP contribution in [0.15, 0.2) is 35.2 Å². The van der Waals surface area contributed by atoms with Crippen molar-refractivity contribution >= 4 is 17.2 Å². The van der Waals surface area contributed by atoms with Gasteiger partial charge in [-0.2, -0.15) is 24.5 Å². The van der Waals surface area contributed by atoms with Crippen molar-refractivity contribution in [3.63, 3.8) is 0 Å². The van der Waals surface area contributed by atoms with Crippen LogP contribution in [-0.2, 0) is 6.18 Å². The second-order valence-corrected chi connectivity index (χ2v) is 5.95. The monoisotopic (exact) mass is 342 g/mol. The van der Waals surface area contributed by atoms with Gasteiger partial charge >= 0.3 is 6.18 Å². The lowest BCUT2D eigenvalue weighted by molar-refractivity contribution is -0.137. The number of likely N-dealkylation sites (tertiary alicyclic amines) is 1. The molecule has 3 rings (SSSR count). The zero-order valence-electron chi connectivity index (χ0n) is 11.9. The van der Waals surface area contributed by atoms with E-state index in [-0.39, 0.29) is 17.9 Å². The summed E-state index contributed by atoms with van der Waals surface area (Å²) < 4.78 is 43.0. The first-order valence-corrected chi connectivity index (χ1v) is 7.89. The molecule has 0 radical (unpaired) electrons. The minimum absolute atomic E-state index is 0.0577. The first-order valence-electron chi connectivity index (χ1n) is 6.95. The number of aromatic nitrogens is 1. The van der Waals surface area contributed by atoms with Gasteiger partial charge in [-0.25, -0.2) is 4.98 Å². The fourth-order valence-electron chi connectivity index (χ4n) is 2.37. The minimum Gasteiger partial charge on any atom is -0.472 e. The Morgan fingerprint density at radius 3 is 2.78 bits per heavy atom. The second-order valence-electron chi connectivity index (χ2n) is 5.17. The molecule has 0 N–H and O–H groups in total. The maximum atomic E-state index is 12.5. The summed E-state index contributed by atoms with van der Waals surface area (Å²) in [5.74, 6) is 0.0746. The molecule has 1 atom stereocenters. The van der Waals surface area contributed by atoms with E-state index < -0.39 is 11.7 Å². The lowest BCUT2D eigenvalue weighted by atomic mass is 10.3. The molecule has 0 unspecified atom stereocenters. The van der Waals surface area contributed by atoms with Crippen LogP contribution in [0.5, 0.6) is 5.88 Å². The van der Waals surface area contributed by atoms with Gasteiger partial charge in [-0.1, -0.05) is 0 Å². The summed E-state index contributed by atoms with van der Waals surface area (Å²) in [4.78, 5) is 17.6. The smallest absolute Gasteiger partial charge is 0.417 e. The molecule has 1 fully saturated rings. The van der Waals surface area contributed by atoms with Gasteiger partial charge in [-0.15, -0.1) is 0 Å². The number of hydrogen-bond donors (Lipinski definition) is 0. The molecule has 3 heterocycles. The van der Waals surface area contributed by atoms with E-state index in [2.05, 4.69) is 4.98 Å². The zero-order valence-corrected chi connectivity index (χ0v) is 12.7. The molecular formula is C15H13F3N2O2S. The summed E-state index contributed by atoms with van der Waals surface area (Å²) in [6.07, 6.45) is -3.30. The predicted molar refractivity (Wildman–Crippen MR) is 78.5 cm³/mol. The molecule has 0 aromatic carbocycles. The van der Waals surface area contributed by atoms with E-state index >= 15 is 0 Å². The van der Waals surface area contributed by atoms with Crippen molar-refractivity contribution in [1.29, 1.82) is 0 Å². The van der Waals surface area contributed by atoms with Crippen LogP contribution < -0.4 is 4.74 Å². The van der Waals surface area contributed by atoms with Gasteiger partial charge in [0.15, 0.2) is 0 Å². The van der Waals surface area contributed by atoms with Gasteiger partial charge in [-0.3, -0.25) is 4.79 Å². The Balaban J connectivity index is 1.59. The van der Waals surface area contributed by atoms with Gasteiger partial charge < -0.3 is 9.64 Å². The Hall–Kier alpha value is -2.09. The summed E-state index contributed by atoms with van der Waals surface area (Å²) in [6.45, 7) is 0.956. The highest BCUT2D eigenvalue weighted by atomic mass is 32.1. The molecule has 0 aliphatic carbocycles. The van der Waals surface area contributed by atoms with E-state index in [4.69, 9.17) is 4.74 Å². The number of rotatable bonds is 3. The van der Waals surface area contributed by atoms with Crippen LogP contribution in [-0.4, -0.2) is 35.0 Å². The van der Waals surface area contributed by atoms with Crippen molar-refractivity contribution in [3.05, 3.63) is 46.3 Å². The first kappa shape index (κ1) is 15.8. The number of carbonyl (C=O) groups is 1. The quantitative estimate of drug-likeness (QED) is 0.858. The van der Waals surface area contributed by atoms with Crippen LogP contribution in [0.1, 0.15) is 22.3 Å². The van der Waals surface area contributed by atoms with E-state index in [0.717, 1.165) is 12.3 Å². The highest BCUT2D eigenvalue weighted by Crippen LogP contribution is 2.29. The van der Waals surface area contributed by atoms with Crippen LogP contribution in [0, 0.1) is 0 Å². The van der Waals surface area contributed by atoms with Gasteiger partial charge in [-0.05, 0) is 17.5 Å². The topological polar surface area (TPSA) is 42.4 Å². The highest BCUT2D eigenvalue weighted by molar-refractivity contribution is 7.08. The van der Waals surface area contributed by atoms with Crippen LogP contribution in [0.2, 0.25) is 0 Å². The fourth-order valence-corrected chi connectivity index (χ4v) is 3.00. The van der Waals surface area contributed by atoms with Crippen molar-refractivity contribution in [2.45, 2.75) is 18.7 Å². The molecule has 122 valence electrons. The number of alkyl halides is 3. The molecule has 1 aliphatic rings. The van der Waals surface area contributed by atoms with E-state index in [1.165, 1.54) is 17.4 Å². The number of nitrogens with zero attached hydrogens (tertiary/aromatic N) is 2. The molecule has 8 heteroatoms. The van der Waals surface area contributed by atoms with Crippen molar-refractivity contribution in [2.24, 2.45) is 0 Å². The van der Waals surface area contributed by atoms with E-state index in [9.17, 15) is 18.0 Å². The normalized spacial score (nSPS) is 18.2. The maximum Gasteiger partial charge on any atom is 0.417 e. The molecule has 2 aromatic heterocycles. The Bertz CT molecular complexity index is 671. The number of halogens is 3. The first-order chi connectivity index (χ1) is 10.9. The summed E-state index contributed by atoms with van der Waals surface area (Å²) in [5.41, 5.74) is -0.172. The summed E-state index contributed by atoms with van der Waals surface area (Å²) in [7, 11) is 0. The Labute approximate surface area is 134 Å². The van der Waals surface area contributed by atoms with Gasteiger partial charge in [0.1, 0.15) is 6.10 Å². The van der Waals surface area contributed by atoms with Gasteiger partial charge in [0, 0.05) is 30.6 Å². The number of hydrogen-bond acceptors (Lipinski definition) is 4. The minimum atomic E-state index is -4.41. The highest BCUT2D eigenvalue weighted by Gasteiger charge is 2.31. The lowest BCUT2D eigenvalue weighted by Crippen LogP contribution is -2.30. The Kier molecular flexibility index (Phi) is 4.25. The second kappa shape index (κ2) is 6.19. The number of pyridine rings is 1. The van der Waals surface area contributed by atoms with Crippen LogP contribution >= 0.6 is 11.3 Å². The Morgan fingerprint density at radius 1 is 1.35 bits per heavy atom. The van der Waals surface area contributed by atoms with E-state index in [1.807, 2.05) is 5.38 Å². The van der Waals surface area contributed by atoms with Crippen molar-refractivity contribution in [2.75, 3.05) is 13.1 Å². The summed E-state index contributed by atoms with van der Waals surface area (Å²) >= 11 is 1.45. The summed E-state index contributed by atoms with van der Waals surface area (Å²) in [5, 5.41) is 3.62. The van der Waals surface area contributed by atoms with Crippen molar-refractivity contribution < 1.29 is 22.7 Å². The zero-order chi connectivity index (χ0) is 16.4. The van der Waals surface area contributed by atoms with E-state index in [1.54, 1.807) is 16.3 Å². The third-order valence-corrected chi connectivity index (χ3v) is 4.23. The van der Waals surface area contributed by atoms with Crippen LogP contribution in [0.4, 0.5) is 13.2 Å². The third kappa shape index (κ3) is 3.64.